The van der Waals surface area contributed by atoms with Gasteiger partial charge in [-0.05, 0) is 36.4 Å². The average Bonchev–Trinajstić information content (AvgIpc) is 2.47. The van der Waals surface area contributed by atoms with Crippen LogP contribution >= 0.6 is 0 Å². The van der Waals surface area contributed by atoms with E-state index in [0.717, 1.165) is 24.3 Å². The third kappa shape index (κ3) is 4.08. The van der Waals surface area contributed by atoms with Crippen molar-refractivity contribution in [1.82, 2.24) is 5.32 Å². The van der Waals surface area contributed by atoms with Crippen molar-refractivity contribution in [3.63, 3.8) is 0 Å². The summed E-state index contributed by atoms with van der Waals surface area (Å²) in [5.41, 5.74) is 0.129. The molecule has 0 heterocycles. The van der Waals surface area contributed by atoms with Crippen LogP contribution in [0.5, 0.6) is 0 Å². The van der Waals surface area contributed by atoms with E-state index in [9.17, 15) is 22.8 Å². The zero-order valence-electron chi connectivity index (χ0n) is 11.2. The fraction of sp³-hybridized carbons (Fsp3) is 0.0667. The highest BCUT2D eigenvalue weighted by Crippen LogP contribution is 2.09. The van der Waals surface area contributed by atoms with Crippen LogP contribution in [-0.2, 0) is 4.79 Å². The van der Waals surface area contributed by atoms with Gasteiger partial charge in [0.05, 0.1) is 6.54 Å². The second-order valence-electron chi connectivity index (χ2n) is 4.37. The van der Waals surface area contributed by atoms with Crippen LogP contribution in [-0.4, -0.2) is 18.4 Å². The third-order valence-corrected chi connectivity index (χ3v) is 2.70. The summed E-state index contributed by atoms with van der Waals surface area (Å²) < 4.78 is 38.7. The summed E-state index contributed by atoms with van der Waals surface area (Å²) >= 11 is 0. The molecular formula is C15H11F3N2O2. The van der Waals surface area contributed by atoms with Crippen molar-refractivity contribution in [3.05, 3.63) is 65.5 Å². The normalized spacial score (nSPS) is 10.1. The van der Waals surface area contributed by atoms with E-state index >= 15 is 0 Å². The summed E-state index contributed by atoms with van der Waals surface area (Å²) in [5, 5.41) is 4.63. The van der Waals surface area contributed by atoms with Crippen molar-refractivity contribution in [2.75, 3.05) is 11.9 Å². The van der Waals surface area contributed by atoms with Gasteiger partial charge in [-0.1, -0.05) is 6.07 Å². The minimum atomic E-state index is -1.16. The SMILES string of the molecule is O=C(CNC(=O)c1ccc(F)c(F)c1)Nc1cccc(F)c1. The van der Waals surface area contributed by atoms with Crippen molar-refractivity contribution in [1.29, 1.82) is 0 Å². The number of nitrogens with one attached hydrogen (secondary N) is 2. The molecule has 2 aromatic carbocycles. The quantitative estimate of drug-likeness (QED) is 0.911. The summed E-state index contributed by atoms with van der Waals surface area (Å²) in [6.07, 6.45) is 0. The number of anilines is 1. The Morgan fingerprint density at radius 1 is 0.955 bits per heavy atom. The molecule has 7 heteroatoms. The molecule has 0 radical (unpaired) electrons. The van der Waals surface area contributed by atoms with Crippen molar-refractivity contribution < 1.29 is 22.8 Å². The highest BCUT2D eigenvalue weighted by Gasteiger charge is 2.11. The number of amides is 2. The Bertz CT molecular complexity index is 720. The lowest BCUT2D eigenvalue weighted by Crippen LogP contribution is -2.32. The number of carbonyl (C=O) groups is 2. The fourth-order valence-electron chi connectivity index (χ4n) is 1.67. The standard InChI is InChI=1S/C15H11F3N2O2/c16-10-2-1-3-11(7-10)20-14(21)8-19-15(22)9-4-5-12(17)13(18)6-9/h1-7H,8H2,(H,19,22)(H,20,21). The highest BCUT2D eigenvalue weighted by atomic mass is 19.2. The predicted molar refractivity (Wildman–Crippen MR) is 73.7 cm³/mol. The summed E-state index contributed by atoms with van der Waals surface area (Å²) in [5.74, 6) is -4.05. The highest BCUT2D eigenvalue weighted by molar-refractivity contribution is 5.99. The van der Waals surface area contributed by atoms with Crippen LogP contribution in [0.4, 0.5) is 18.9 Å². The first-order valence-corrected chi connectivity index (χ1v) is 6.24. The van der Waals surface area contributed by atoms with Crippen LogP contribution in [0.2, 0.25) is 0 Å². The number of benzene rings is 2. The van der Waals surface area contributed by atoms with Gasteiger partial charge in [-0.25, -0.2) is 13.2 Å². The fourth-order valence-corrected chi connectivity index (χ4v) is 1.67. The molecule has 0 unspecified atom stereocenters. The lowest BCUT2D eigenvalue weighted by molar-refractivity contribution is -0.115. The molecule has 114 valence electrons. The van der Waals surface area contributed by atoms with Crippen LogP contribution in [0.1, 0.15) is 10.4 Å². The molecule has 2 amide bonds. The van der Waals surface area contributed by atoms with E-state index in [1.165, 1.54) is 18.2 Å². The van der Waals surface area contributed by atoms with Crippen molar-refractivity contribution >= 4 is 17.5 Å². The Morgan fingerprint density at radius 3 is 2.41 bits per heavy atom. The van der Waals surface area contributed by atoms with Gasteiger partial charge in [0, 0.05) is 11.3 Å². The number of rotatable bonds is 4. The molecule has 0 fully saturated rings. The molecule has 0 atom stereocenters. The minimum Gasteiger partial charge on any atom is -0.343 e. The summed E-state index contributed by atoms with van der Waals surface area (Å²) in [6.45, 7) is -0.395. The van der Waals surface area contributed by atoms with Crippen molar-refractivity contribution in [3.8, 4) is 0 Å². The minimum absolute atomic E-state index is 0.113. The van der Waals surface area contributed by atoms with Gasteiger partial charge in [-0.2, -0.15) is 0 Å². The van der Waals surface area contributed by atoms with Gasteiger partial charge in [-0.15, -0.1) is 0 Å². The molecule has 0 bridgehead atoms. The van der Waals surface area contributed by atoms with E-state index in [0.29, 0.717) is 0 Å². The van der Waals surface area contributed by atoms with Crippen molar-refractivity contribution in [2.24, 2.45) is 0 Å². The van der Waals surface area contributed by atoms with Crippen LogP contribution in [0, 0.1) is 17.5 Å². The summed E-state index contributed by atoms with van der Waals surface area (Å²) in [4.78, 5) is 23.3. The second kappa shape index (κ2) is 6.75. The average molecular weight is 308 g/mol. The number of carbonyl (C=O) groups excluding carboxylic acids is 2. The number of hydrogen-bond acceptors (Lipinski definition) is 2. The van der Waals surface area contributed by atoms with Gasteiger partial charge in [0.15, 0.2) is 11.6 Å². The smallest absolute Gasteiger partial charge is 0.251 e. The van der Waals surface area contributed by atoms with E-state index in [4.69, 9.17) is 0 Å². The zero-order valence-corrected chi connectivity index (χ0v) is 11.2. The molecule has 22 heavy (non-hydrogen) atoms. The van der Waals surface area contributed by atoms with Crippen LogP contribution in [0.25, 0.3) is 0 Å². The Balaban J connectivity index is 1.90. The maximum absolute atomic E-state index is 13.0. The monoisotopic (exact) mass is 308 g/mol. The predicted octanol–water partition coefficient (Wildman–Crippen LogP) is 2.47. The molecular weight excluding hydrogens is 297 g/mol. The molecule has 0 spiro atoms. The van der Waals surface area contributed by atoms with Gasteiger partial charge >= 0.3 is 0 Å². The van der Waals surface area contributed by atoms with E-state index in [-0.39, 0.29) is 11.3 Å². The maximum Gasteiger partial charge on any atom is 0.251 e. The van der Waals surface area contributed by atoms with Crippen LogP contribution in [0.3, 0.4) is 0 Å². The van der Waals surface area contributed by atoms with Gasteiger partial charge in [0.25, 0.3) is 5.91 Å². The summed E-state index contributed by atoms with van der Waals surface area (Å²) in [6, 6.07) is 7.89. The van der Waals surface area contributed by atoms with Crippen LogP contribution in [0.15, 0.2) is 42.5 Å². The molecule has 0 aliphatic heterocycles. The molecule has 0 saturated carbocycles. The molecule has 2 aromatic rings. The van der Waals surface area contributed by atoms with Gasteiger partial charge in [-0.3, -0.25) is 9.59 Å². The topological polar surface area (TPSA) is 58.2 Å². The Labute approximate surface area is 124 Å². The Kier molecular flexibility index (Phi) is 4.77. The summed E-state index contributed by atoms with van der Waals surface area (Å²) in [7, 11) is 0. The first kappa shape index (κ1) is 15.6. The van der Waals surface area contributed by atoms with Gasteiger partial charge in [0.2, 0.25) is 5.91 Å². The lowest BCUT2D eigenvalue weighted by atomic mass is 10.2. The largest absolute Gasteiger partial charge is 0.343 e. The van der Waals surface area contributed by atoms with E-state index in [1.807, 2.05) is 0 Å². The van der Waals surface area contributed by atoms with E-state index in [2.05, 4.69) is 10.6 Å². The van der Waals surface area contributed by atoms with E-state index < -0.39 is 35.8 Å². The van der Waals surface area contributed by atoms with E-state index in [1.54, 1.807) is 0 Å². The van der Waals surface area contributed by atoms with Gasteiger partial charge in [0.1, 0.15) is 5.82 Å². The molecule has 0 aliphatic rings. The molecule has 4 nitrogen and oxygen atoms in total. The molecule has 0 aromatic heterocycles. The second-order valence-corrected chi connectivity index (χ2v) is 4.37. The molecule has 0 saturated heterocycles. The number of halogens is 3. The van der Waals surface area contributed by atoms with Crippen molar-refractivity contribution in [2.45, 2.75) is 0 Å². The zero-order chi connectivity index (χ0) is 16.1. The Morgan fingerprint density at radius 2 is 1.73 bits per heavy atom. The van der Waals surface area contributed by atoms with Crippen LogP contribution < -0.4 is 10.6 Å². The molecule has 2 rings (SSSR count). The first-order chi connectivity index (χ1) is 10.5. The molecule has 0 aliphatic carbocycles. The third-order valence-electron chi connectivity index (χ3n) is 2.70. The Hall–Kier alpha value is -2.83. The molecule has 2 N–H and O–H groups in total. The number of hydrogen-bond donors (Lipinski definition) is 2. The lowest BCUT2D eigenvalue weighted by Gasteiger charge is -2.07. The first-order valence-electron chi connectivity index (χ1n) is 6.24. The van der Waals surface area contributed by atoms with Gasteiger partial charge < -0.3 is 10.6 Å². The maximum atomic E-state index is 13.0.